The molecule has 0 bridgehead atoms. The first-order valence-electron chi connectivity index (χ1n) is 14.4. The van der Waals surface area contributed by atoms with Gasteiger partial charge in [0, 0.05) is 36.3 Å². The van der Waals surface area contributed by atoms with Crippen molar-refractivity contribution < 1.29 is 9.59 Å². The van der Waals surface area contributed by atoms with Gasteiger partial charge < -0.3 is 5.32 Å². The zero-order valence-corrected chi connectivity index (χ0v) is 23.6. The Balaban J connectivity index is 1.29. The first-order valence-corrected chi connectivity index (χ1v) is 14.4. The van der Waals surface area contributed by atoms with Gasteiger partial charge in [-0.15, -0.1) is 0 Å². The molecule has 1 aliphatic rings. The molecule has 4 aromatic rings. The Hall–Kier alpha value is -3.91. The van der Waals surface area contributed by atoms with Crippen LogP contribution in [0, 0.1) is 11.8 Å². The van der Waals surface area contributed by atoms with Gasteiger partial charge in [-0.05, 0) is 79.2 Å². The van der Waals surface area contributed by atoms with Crippen LogP contribution in [0.5, 0.6) is 0 Å². The Labute approximate surface area is 235 Å². The van der Waals surface area contributed by atoms with Crippen molar-refractivity contribution in [2.24, 2.45) is 11.8 Å². The Morgan fingerprint density at radius 1 is 1.02 bits per heavy atom. The molecule has 208 valence electrons. The van der Waals surface area contributed by atoms with Crippen molar-refractivity contribution in [1.82, 2.24) is 25.1 Å². The van der Waals surface area contributed by atoms with E-state index in [4.69, 9.17) is 0 Å². The van der Waals surface area contributed by atoms with Crippen molar-refractivity contribution in [3.8, 4) is 11.1 Å². The second-order valence-electron chi connectivity index (χ2n) is 11.1. The molecular weight excluding hydrogens is 500 g/mol. The second-order valence-corrected chi connectivity index (χ2v) is 11.1. The normalized spacial score (nSPS) is 14.6. The highest BCUT2D eigenvalue weighted by Gasteiger charge is 2.18. The number of anilines is 1. The molecular formula is C32H38N6O2. The lowest BCUT2D eigenvalue weighted by Gasteiger charge is -2.30. The molecule has 0 aliphatic carbocycles. The van der Waals surface area contributed by atoms with E-state index in [2.05, 4.69) is 57.2 Å². The van der Waals surface area contributed by atoms with Crippen LogP contribution in [-0.2, 0) is 6.54 Å². The van der Waals surface area contributed by atoms with Gasteiger partial charge in [0.2, 0.25) is 0 Å². The molecule has 2 N–H and O–H groups in total. The summed E-state index contributed by atoms with van der Waals surface area (Å²) in [5.41, 5.74) is 5.19. The first-order chi connectivity index (χ1) is 19.4. The minimum absolute atomic E-state index is 0.0292. The number of amides is 1. The van der Waals surface area contributed by atoms with E-state index in [0.29, 0.717) is 29.4 Å². The first kappa shape index (κ1) is 27.6. The third-order valence-corrected chi connectivity index (χ3v) is 8.12. The zero-order valence-electron chi connectivity index (χ0n) is 23.6. The number of hydrogen-bond acceptors (Lipinski definition) is 6. The maximum absolute atomic E-state index is 13.2. The average molecular weight is 539 g/mol. The smallest absolute Gasteiger partial charge is 0.276 e. The van der Waals surface area contributed by atoms with E-state index < -0.39 is 0 Å². The largest absolute Gasteiger partial charge is 0.319 e. The number of carbonyl (C=O) groups is 2. The Bertz CT molecular complexity index is 1470. The highest BCUT2D eigenvalue weighted by atomic mass is 16.2. The number of ketones is 1. The zero-order chi connectivity index (χ0) is 28.1. The maximum Gasteiger partial charge on any atom is 0.276 e. The lowest BCUT2D eigenvalue weighted by molar-refractivity contribution is 0.0953. The third-order valence-electron chi connectivity index (χ3n) is 8.12. The van der Waals surface area contributed by atoms with Crippen LogP contribution in [0.2, 0.25) is 0 Å². The Morgan fingerprint density at radius 3 is 2.55 bits per heavy atom. The molecule has 0 saturated carbocycles. The third kappa shape index (κ3) is 6.45. The molecule has 0 unspecified atom stereocenters. The van der Waals surface area contributed by atoms with Crippen molar-refractivity contribution in [3.63, 3.8) is 0 Å². The van der Waals surface area contributed by atoms with Gasteiger partial charge in [-0.2, -0.15) is 5.10 Å². The molecule has 0 spiro atoms. The predicted molar refractivity (Wildman–Crippen MR) is 158 cm³/mol. The number of hydrogen-bond donors (Lipinski definition) is 2. The molecule has 1 saturated heterocycles. The molecule has 40 heavy (non-hydrogen) atoms. The number of Topliss-reactive ketones (excluding diaryl/α,β-unsaturated/α-hetero) is 1. The number of fused-ring (bicyclic) bond motifs is 1. The fourth-order valence-corrected chi connectivity index (χ4v) is 5.34. The lowest BCUT2D eigenvalue weighted by atomic mass is 9.96. The number of nitrogens with one attached hydrogen (secondary N) is 2. The van der Waals surface area contributed by atoms with Crippen molar-refractivity contribution in [3.05, 3.63) is 71.9 Å². The van der Waals surface area contributed by atoms with Gasteiger partial charge in [-0.1, -0.05) is 39.7 Å². The van der Waals surface area contributed by atoms with E-state index >= 15 is 0 Å². The van der Waals surface area contributed by atoms with Crippen LogP contribution in [0.1, 0.15) is 79.4 Å². The molecule has 8 heteroatoms. The number of aromatic nitrogens is 4. The number of H-pyrrole nitrogens is 1. The standard InChI is InChI=1S/C32H38N6O2/c1-4-22(5-2)15-30(39)29-9-7-26(19-34-29)35-32(40)31-27-16-24(6-8-28(27)36-37-31)25-14-23(17-33-18-25)20-38-12-10-21(3)11-13-38/h6-9,14,16-19,21-22H,4-5,10-13,15,20H2,1-3H3,(H,35,40)(H,36,37). The highest BCUT2D eigenvalue weighted by Crippen LogP contribution is 2.27. The van der Waals surface area contributed by atoms with E-state index in [1.54, 1.807) is 12.1 Å². The van der Waals surface area contributed by atoms with Gasteiger partial charge in [0.15, 0.2) is 11.5 Å². The molecule has 1 fully saturated rings. The fourth-order valence-electron chi connectivity index (χ4n) is 5.34. The van der Waals surface area contributed by atoms with Crippen LogP contribution in [-0.4, -0.2) is 49.8 Å². The van der Waals surface area contributed by atoms with Crippen molar-refractivity contribution in [2.45, 2.75) is 59.4 Å². The van der Waals surface area contributed by atoms with Crippen molar-refractivity contribution in [2.75, 3.05) is 18.4 Å². The van der Waals surface area contributed by atoms with Crippen LogP contribution in [0.15, 0.2) is 55.0 Å². The summed E-state index contributed by atoms with van der Waals surface area (Å²) in [6.45, 7) is 9.66. The average Bonchev–Trinajstić information content (AvgIpc) is 3.41. The molecule has 1 aliphatic heterocycles. The molecule has 0 atom stereocenters. The fraction of sp³-hybridized carbons (Fsp3) is 0.406. The maximum atomic E-state index is 13.2. The summed E-state index contributed by atoms with van der Waals surface area (Å²) in [5, 5.41) is 10.9. The number of carbonyl (C=O) groups excluding carboxylic acids is 2. The van der Waals surface area contributed by atoms with Crippen LogP contribution >= 0.6 is 0 Å². The minimum atomic E-state index is -0.340. The number of rotatable bonds is 10. The van der Waals surface area contributed by atoms with Crippen LogP contribution < -0.4 is 5.32 Å². The van der Waals surface area contributed by atoms with Gasteiger partial charge in [-0.25, -0.2) is 0 Å². The van der Waals surface area contributed by atoms with E-state index in [-0.39, 0.29) is 11.7 Å². The molecule has 3 aromatic heterocycles. The summed E-state index contributed by atoms with van der Waals surface area (Å²) in [5.74, 6) is 0.857. The summed E-state index contributed by atoms with van der Waals surface area (Å²) in [6, 6.07) is 11.5. The molecule has 1 aromatic carbocycles. The Morgan fingerprint density at radius 2 is 1.82 bits per heavy atom. The summed E-state index contributed by atoms with van der Waals surface area (Å²) < 4.78 is 0. The van der Waals surface area contributed by atoms with Crippen LogP contribution in [0.25, 0.3) is 22.0 Å². The number of nitrogens with zero attached hydrogens (tertiary/aromatic N) is 4. The summed E-state index contributed by atoms with van der Waals surface area (Å²) in [7, 11) is 0. The highest BCUT2D eigenvalue weighted by molar-refractivity contribution is 6.11. The predicted octanol–water partition coefficient (Wildman–Crippen LogP) is 6.51. The van der Waals surface area contributed by atoms with E-state index in [0.717, 1.165) is 60.4 Å². The van der Waals surface area contributed by atoms with Gasteiger partial charge >= 0.3 is 0 Å². The van der Waals surface area contributed by atoms with Crippen molar-refractivity contribution in [1.29, 1.82) is 0 Å². The second kappa shape index (κ2) is 12.5. The number of aromatic amines is 1. The monoisotopic (exact) mass is 538 g/mol. The topological polar surface area (TPSA) is 104 Å². The minimum Gasteiger partial charge on any atom is -0.319 e. The molecule has 0 radical (unpaired) electrons. The summed E-state index contributed by atoms with van der Waals surface area (Å²) >= 11 is 0. The van der Waals surface area contributed by atoms with E-state index in [9.17, 15) is 9.59 Å². The quantitative estimate of drug-likeness (QED) is 0.223. The molecule has 5 rings (SSSR count). The number of pyridine rings is 2. The Kier molecular flexibility index (Phi) is 8.65. The summed E-state index contributed by atoms with van der Waals surface area (Å²) in [6.07, 6.45) is 10.2. The van der Waals surface area contributed by atoms with Gasteiger partial charge in [0.05, 0.1) is 17.4 Å². The molecule has 8 nitrogen and oxygen atoms in total. The van der Waals surface area contributed by atoms with Crippen LogP contribution in [0.3, 0.4) is 0 Å². The van der Waals surface area contributed by atoms with E-state index in [1.165, 1.54) is 24.6 Å². The van der Waals surface area contributed by atoms with Gasteiger partial charge in [-0.3, -0.25) is 29.6 Å². The van der Waals surface area contributed by atoms with Crippen LogP contribution in [0.4, 0.5) is 5.69 Å². The van der Waals surface area contributed by atoms with Gasteiger partial charge in [0.25, 0.3) is 5.91 Å². The molecule has 1 amide bonds. The lowest BCUT2D eigenvalue weighted by Crippen LogP contribution is -2.32. The van der Waals surface area contributed by atoms with Crippen molar-refractivity contribution >= 4 is 28.3 Å². The number of benzene rings is 1. The summed E-state index contributed by atoms with van der Waals surface area (Å²) in [4.78, 5) is 37.0. The SMILES string of the molecule is CCC(CC)CC(=O)c1ccc(NC(=O)c2n[nH]c3ccc(-c4cncc(CN5CCC(C)CC5)c4)cc23)cn1. The number of likely N-dealkylation sites (tertiary alicyclic amines) is 1. The number of piperidine rings is 1. The molecule has 4 heterocycles. The van der Waals surface area contributed by atoms with Gasteiger partial charge in [0.1, 0.15) is 5.69 Å². The van der Waals surface area contributed by atoms with E-state index in [1.807, 2.05) is 30.6 Å².